The first-order valence-corrected chi connectivity index (χ1v) is 17.8. The van der Waals surface area contributed by atoms with Gasteiger partial charge in [0.25, 0.3) is 0 Å². The molecule has 0 saturated heterocycles. The van der Waals surface area contributed by atoms with Crippen LogP contribution in [0.4, 0.5) is 4.39 Å². The van der Waals surface area contributed by atoms with Crippen LogP contribution in [0.2, 0.25) is 0 Å². The highest BCUT2D eigenvalue weighted by atomic mass is 32.1. The number of hydrogen-bond donors (Lipinski definition) is 0. The number of thiazole rings is 1. The molecular formula is C43H56FN3S. The number of halogens is 1. The van der Waals surface area contributed by atoms with Gasteiger partial charge < -0.3 is 4.90 Å². The zero-order valence-corrected chi connectivity index (χ0v) is 32.3. The number of rotatable bonds is 4. The van der Waals surface area contributed by atoms with Crippen molar-refractivity contribution in [3.8, 4) is 6.07 Å². The van der Waals surface area contributed by atoms with Gasteiger partial charge >= 0.3 is 0 Å². The molecule has 3 aromatic carbocycles. The van der Waals surface area contributed by atoms with Crippen LogP contribution in [0.1, 0.15) is 134 Å². The fourth-order valence-electron chi connectivity index (χ4n) is 5.76. The molecule has 1 aliphatic heterocycles. The maximum atomic E-state index is 13.1. The molecule has 48 heavy (non-hydrogen) atoms. The predicted octanol–water partition coefficient (Wildman–Crippen LogP) is 12.8. The molecule has 0 N–H and O–H groups in total. The number of aryl methyl sites for hydroxylation is 5. The molecule has 4 aromatic rings. The van der Waals surface area contributed by atoms with Crippen LogP contribution in [0.3, 0.4) is 0 Å². The highest BCUT2D eigenvalue weighted by molar-refractivity contribution is 7.11. The molecule has 1 aromatic heterocycles. The zero-order valence-electron chi connectivity index (χ0n) is 31.5. The van der Waals surface area contributed by atoms with Crippen molar-refractivity contribution in [2.24, 2.45) is 0 Å². The Morgan fingerprint density at radius 3 is 1.77 bits per heavy atom. The monoisotopic (exact) mass is 665 g/mol. The van der Waals surface area contributed by atoms with Crippen LogP contribution in [-0.2, 0) is 0 Å². The Balaban J connectivity index is 0.000000223. The van der Waals surface area contributed by atoms with Gasteiger partial charge in [0.1, 0.15) is 5.82 Å². The summed E-state index contributed by atoms with van der Waals surface area (Å²) >= 11 is 1.65. The summed E-state index contributed by atoms with van der Waals surface area (Å²) in [7, 11) is 0. The van der Waals surface area contributed by atoms with Crippen LogP contribution in [0.5, 0.6) is 0 Å². The largest absolute Gasteiger partial charge is 0.345 e. The molecule has 2 heterocycles. The van der Waals surface area contributed by atoms with Crippen LogP contribution < -0.4 is 0 Å². The zero-order chi connectivity index (χ0) is 36.3. The molecule has 256 valence electrons. The van der Waals surface area contributed by atoms with E-state index in [1.165, 1.54) is 38.3 Å². The normalized spacial score (nSPS) is 11.8. The van der Waals surface area contributed by atoms with Gasteiger partial charge in [0.15, 0.2) is 0 Å². The molecule has 0 bridgehead atoms. The molecular weight excluding hydrogens is 610 g/mol. The van der Waals surface area contributed by atoms with E-state index in [-0.39, 0.29) is 5.82 Å². The quantitative estimate of drug-likeness (QED) is 0.218. The van der Waals surface area contributed by atoms with Crippen molar-refractivity contribution in [2.75, 3.05) is 0 Å². The second-order valence-corrected chi connectivity index (χ2v) is 14.7. The van der Waals surface area contributed by atoms with E-state index in [0.29, 0.717) is 23.8 Å². The van der Waals surface area contributed by atoms with Gasteiger partial charge in [-0.1, -0.05) is 84.0 Å². The van der Waals surface area contributed by atoms with Crippen molar-refractivity contribution >= 4 is 23.1 Å². The van der Waals surface area contributed by atoms with Crippen molar-refractivity contribution in [1.29, 1.82) is 5.26 Å². The lowest BCUT2D eigenvalue weighted by molar-refractivity contribution is 0.439. The summed E-state index contributed by atoms with van der Waals surface area (Å²) in [4.78, 5) is 7.60. The molecule has 5 rings (SSSR count). The Kier molecular flexibility index (Phi) is 15.5. The molecule has 1 aliphatic rings. The van der Waals surface area contributed by atoms with E-state index in [1.54, 1.807) is 24.3 Å². The summed E-state index contributed by atoms with van der Waals surface area (Å²) < 4.78 is 13.1. The summed E-state index contributed by atoms with van der Waals surface area (Å²) in [5, 5.41) is 8.64. The van der Waals surface area contributed by atoms with E-state index in [4.69, 9.17) is 5.26 Å². The number of fused-ring (bicyclic) bond motifs is 1. The minimum Gasteiger partial charge on any atom is -0.345 e. The van der Waals surface area contributed by atoms with E-state index in [0.717, 1.165) is 28.1 Å². The molecule has 3 nitrogen and oxygen atoms in total. The van der Waals surface area contributed by atoms with Gasteiger partial charge in [0.2, 0.25) is 0 Å². The van der Waals surface area contributed by atoms with E-state index < -0.39 is 0 Å². The minimum absolute atomic E-state index is 0.0932. The second kappa shape index (κ2) is 18.5. The first-order chi connectivity index (χ1) is 22.5. The lowest BCUT2D eigenvalue weighted by atomic mass is 9.96. The summed E-state index contributed by atoms with van der Waals surface area (Å²) in [6, 6.07) is 18.7. The Hall–Kier alpha value is -4.01. The summed E-state index contributed by atoms with van der Waals surface area (Å²) in [6.07, 6.45) is 4.09. The Labute approximate surface area is 294 Å². The maximum absolute atomic E-state index is 13.1. The fourth-order valence-corrected chi connectivity index (χ4v) is 6.52. The van der Waals surface area contributed by atoms with Crippen LogP contribution >= 0.6 is 11.3 Å². The highest BCUT2D eigenvalue weighted by Gasteiger charge is 2.19. The van der Waals surface area contributed by atoms with Gasteiger partial charge in [-0.25, -0.2) is 9.37 Å². The average molecular weight is 666 g/mol. The Morgan fingerprint density at radius 1 is 0.729 bits per heavy atom. The summed E-state index contributed by atoms with van der Waals surface area (Å²) in [5.41, 5.74) is 14.5. The molecule has 0 amide bonds. The maximum Gasteiger partial charge on any atom is 0.126 e. The minimum atomic E-state index is -0.0932. The van der Waals surface area contributed by atoms with Crippen molar-refractivity contribution < 1.29 is 4.39 Å². The topological polar surface area (TPSA) is 39.9 Å². The van der Waals surface area contributed by atoms with Crippen molar-refractivity contribution in [3.05, 3.63) is 133 Å². The van der Waals surface area contributed by atoms with Crippen molar-refractivity contribution in [2.45, 2.75) is 114 Å². The molecule has 0 radical (unpaired) electrons. The smallest absolute Gasteiger partial charge is 0.126 e. The number of hydrogen-bond acceptors (Lipinski definition) is 4. The van der Waals surface area contributed by atoms with Crippen LogP contribution in [0.15, 0.2) is 66.8 Å². The lowest BCUT2D eigenvalue weighted by Crippen LogP contribution is -2.24. The van der Waals surface area contributed by atoms with Gasteiger partial charge in [-0.2, -0.15) is 5.26 Å². The van der Waals surface area contributed by atoms with E-state index in [9.17, 15) is 4.39 Å². The third-order valence-corrected chi connectivity index (χ3v) is 9.25. The van der Waals surface area contributed by atoms with Crippen LogP contribution in [0.25, 0.3) is 11.8 Å². The average Bonchev–Trinajstić information content (AvgIpc) is 3.49. The van der Waals surface area contributed by atoms with Gasteiger partial charge in [-0.3, -0.25) is 0 Å². The standard InChI is InChI=1S/C11H15F.C11H13N.C11H16.C10H12N2S/c1-7(2)10-6-11(12)9(4)5-8(10)3;1-8(2)11-5-4-10(7-12)6-9(11)3;1-8(2)11-6-5-9(3)7-10(11)4;1-7(2)12-5-4-9-10(8(12)3)13-6-11-9/h5-7H,1-4H3;4-6,8H,1-3H3;5-8H,1-4H3;4-7H,3H2,1-2H3. The first-order valence-electron chi connectivity index (χ1n) is 16.9. The molecule has 5 heteroatoms. The third kappa shape index (κ3) is 11.3. The van der Waals surface area contributed by atoms with Crippen LogP contribution in [-0.4, -0.2) is 15.9 Å². The molecule has 0 aliphatic carbocycles. The lowest BCUT2D eigenvalue weighted by Gasteiger charge is -2.28. The van der Waals surface area contributed by atoms with E-state index >= 15 is 0 Å². The first kappa shape index (κ1) is 40.2. The third-order valence-electron chi connectivity index (χ3n) is 8.36. The molecule has 0 atom stereocenters. The number of nitrogens with zero attached hydrogens (tertiary/aromatic N) is 3. The summed E-state index contributed by atoms with van der Waals surface area (Å²) in [6.45, 7) is 31.5. The SMILES string of the molecule is C=C1c2scnc2C=CN1C(C)C.Cc1cc(C#N)ccc1C(C)C.Cc1cc(C)c(C(C)C)cc1F.Cc1ccc(C(C)C)c(C)c1. The highest BCUT2D eigenvalue weighted by Crippen LogP contribution is 2.31. The molecule has 0 spiro atoms. The van der Waals surface area contributed by atoms with Gasteiger partial charge in [0, 0.05) is 12.2 Å². The van der Waals surface area contributed by atoms with Crippen molar-refractivity contribution in [3.63, 3.8) is 0 Å². The number of nitriles is 1. The molecule has 0 saturated carbocycles. The van der Waals surface area contributed by atoms with Gasteiger partial charge in [-0.05, 0) is 129 Å². The van der Waals surface area contributed by atoms with Crippen LogP contribution in [0, 0.1) is 51.8 Å². The summed E-state index contributed by atoms with van der Waals surface area (Å²) in [5.74, 6) is 1.50. The number of benzene rings is 3. The Bertz CT molecular complexity index is 1730. The molecule has 0 unspecified atom stereocenters. The Morgan fingerprint density at radius 2 is 1.27 bits per heavy atom. The van der Waals surface area contributed by atoms with E-state index in [1.807, 2.05) is 42.8 Å². The van der Waals surface area contributed by atoms with E-state index in [2.05, 4.69) is 123 Å². The number of aromatic nitrogens is 1. The molecule has 0 fully saturated rings. The fraction of sp³-hybridized carbons (Fsp3) is 0.395. The van der Waals surface area contributed by atoms with Gasteiger partial charge in [-0.15, -0.1) is 11.3 Å². The second-order valence-electron chi connectivity index (χ2n) is 13.8. The van der Waals surface area contributed by atoms with Gasteiger partial charge in [0.05, 0.1) is 33.4 Å². The van der Waals surface area contributed by atoms with Crippen molar-refractivity contribution in [1.82, 2.24) is 9.88 Å². The predicted molar refractivity (Wildman–Crippen MR) is 207 cm³/mol.